The molecule has 0 spiro atoms. The highest BCUT2D eigenvalue weighted by molar-refractivity contribution is 9.10. The highest BCUT2D eigenvalue weighted by atomic mass is 79.9. The van der Waals surface area contributed by atoms with Gasteiger partial charge in [0.05, 0.1) is 27.2 Å². The first kappa shape index (κ1) is 21.7. The summed E-state index contributed by atoms with van der Waals surface area (Å²) < 4.78 is 5.77. The summed E-state index contributed by atoms with van der Waals surface area (Å²) in [5.74, 6) is -2.41. The Morgan fingerprint density at radius 2 is 2.07 bits per heavy atom. The second-order valence-corrected chi connectivity index (χ2v) is 7.79. The van der Waals surface area contributed by atoms with Gasteiger partial charge >= 0.3 is 5.97 Å². The summed E-state index contributed by atoms with van der Waals surface area (Å²) in [7, 11) is 0. The van der Waals surface area contributed by atoms with E-state index in [-0.39, 0.29) is 24.6 Å². The van der Waals surface area contributed by atoms with Crippen LogP contribution < -0.4 is 10.2 Å². The third-order valence-corrected chi connectivity index (χ3v) is 5.17. The fraction of sp³-hybridized carbons (Fsp3) is 0.211. The number of nitro groups is 1. The highest BCUT2D eigenvalue weighted by Crippen LogP contribution is 2.29. The van der Waals surface area contributed by atoms with E-state index in [2.05, 4.69) is 21.2 Å². The lowest BCUT2D eigenvalue weighted by Crippen LogP contribution is -2.28. The summed E-state index contributed by atoms with van der Waals surface area (Å²) in [5.41, 5.74) is 0.538. The molecule has 0 bridgehead atoms. The predicted molar refractivity (Wildman–Crippen MR) is 112 cm³/mol. The maximum absolute atomic E-state index is 12.3. The predicted octanol–water partition coefficient (Wildman–Crippen LogP) is 3.55. The molecule has 9 nitrogen and oxygen atoms in total. The first-order valence-electron chi connectivity index (χ1n) is 8.71. The average molecular weight is 497 g/mol. The van der Waals surface area contributed by atoms with E-state index < -0.39 is 29.3 Å². The Kier molecular flexibility index (Phi) is 6.68. The topological polar surface area (TPSA) is 119 Å². The van der Waals surface area contributed by atoms with Crippen LogP contribution in [0.4, 0.5) is 17.1 Å². The summed E-state index contributed by atoms with van der Waals surface area (Å²) >= 11 is 9.28. The fourth-order valence-corrected chi connectivity index (χ4v) is 3.64. The van der Waals surface area contributed by atoms with Crippen LogP contribution in [0, 0.1) is 16.0 Å². The van der Waals surface area contributed by atoms with Gasteiger partial charge in [-0.2, -0.15) is 0 Å². The van der Waals surface area contributed by atoms with Crippen molar-refractivity contribution in [1.82, 2.24) is 0 Å². The monoisotopic (exact) mass is 495 g/mol. The number of esters is 1. The van der Waals surface area contributed by atoms with Gasteiger partial charge in [0.1, 0.15) is 0 Å². The van der Waals surface area contributed by atoms with Crippen molar-refractivity contribution in [3.63, 3.8) is 0 Å². The fourth-order valence-electron chi connectivity index (χ4n) is 2.92. The van der Waals surface area contributed by atoms with E-state index in [1.807, 2.05) is 0 Å². The number of nitro benzene ring substituents is 1. The molecule has 2 amide bonds. The zero-order valence-electron chi connectivity index (χ0n) is 15.3. The Labute approximate surface area is 184 Å². The van der Waals surface area contributed by atoms with Crippen LogP contribution in [0.1, 0.15) is 6.42 Å². The molecule has 1 heterocycles. The molecule has 30 heavy (non-hydrogen) atoms. The van der Waals surface area contributed by atoms with Crippen LogP contribution in [-0.2, 0) is 19.1 Å². The number of ether oxygens (including phenoxy) is 1. The molecular weight excluding hydrogens is 482 g/mol. The molecule has 1 fully saturated rings. The Morgan fingerprint density at radius 1 is 1.30 bits per heavy atom. The molecule has 1 saturated heterocycles. The lowest BCUT2D eigenvalue weighted by Gasteiger charge is -2.16. The van der Waals surface area contributed by atoms with Crippen LogP contribution in [0.5, 0.6) is 0 Å². The van der Waals surface area contributed by atoms with Gasteiger partial charge in [-0.1, -0.05) is 33.6 Å². The number of hydrogen-bond acceptors (Lipinski definition) is 6. The van der Waals surface area contributed by atoms with Gasteiger partial charge in [0.25, 0.3) is 11.6 Å². The van der Waals surface area contributed by atoms with Gasteiger partial charge in [0, 0.05) is 29.6 Å². The summed E-state index contributed by atoms with van der Waals surface area (Å²) in [4.78, 5) is 48.2. The number of hydrogen-bond donors (Lipinski definition) is 1. The Bertz CT molecular complexity index is 1030. The lowest BCUT2D eigenvalue weighted by atomic mass is 10.1. The lowest BCUT2D eigenvalue weighted by molar-refractivity contribution is -0.384. The van der Waals surface area contributed by atoms with Gasteiger partial charge in [-0.15, -0.1) is 0 Å². The summed E-state index contributed by atoms with van der Waals surface area (Å²) in [5, 5.41) is 13.8. The summed E-state index contributed by atoms with van der Waals surface area (Å²) in [6, 6.07) is 10.5. The van der Waals surface area contributed by atoms with E-state index in [0.29, 0.717) is 16.4 Å². The third-order valence-electron chi connectivity index (χ3n) is 4.36. The molecule has 3 rings (SSSR count). The number of carbonyl (C=O) groups excluding carboxylic acids is 3. The van der Waals surface area contributed by atoms with Crippen molar-refractivity contribution in [1.29, 1.82) is 0 Å². The zero-order valence-corrected chi connectivity index (χ0v) is 17.7. The quantitative estimate of drug-likeness (QED) is 0.371. The molecule has 156 valence electrons. The maximum atomic E-state index is 12.3. The molecule has 2 aromatic carbocycles. The van der Waals surface area contributed by atoms with E-state index in [0.717, 1.165) is 4.47 Å². The minimum Gasteiger partial charge on any atom is -0.455 e. The molecule has 11 heteroatoms. The minimum atomic E-state index is -0.777. The molecule has 1 aliphatic heterocycles. The van der Waals surface area contributed by atoms with Crippen LogP contribution in [0.25, 0.3) is 0 Å². The number of carbonyl (C=O) groups is 3. The van der Waals surface area contributed by atoms with Gasteiger partial charge < -0.3 is 15.0 Å². The molecule has 1 atom stereocenters. The molecule has 0 aliphatic carbocycles. The van der Waals surface area contributed by atoms with Crippen LogP contribution >= 0.6 is 27.5 Å². The number of halogens is 2. The van der Waals surface area contributed by atoms with Crippen LogP contribution in [0.15, 0.2) is 46.9 Å². The minimum absolute atomic E-state index is 0.0129. The number of benzene rings is 2. The first-order chi connectivity index (χ1) is 14.2. The molecule has 0 saturated carbocycles. The number of nitrogens with one attached hydrogen (secondary N) is 1. The summed E-state index contributed by atoms with van der Waals surface area (Å²) in [6.45, 7) is -0.522. The van der Waals surface area contributed by atoms with E-state index in [1.54, 1.807) is 24.3 Å². The van der Waals surface area contributed by atoms with E-state index in [1.165, 1.54) is 23.1 Å². The SMILES string of the molecule is O=C(COC(=O)[C@@H]1CC(=O)N(c2cccc([N+](=O)[O-])c2)C1)Nc1ccc(Br)cc1Cl. The van der Waals surface area contributed by atoms with Gasteiger partial charge in [-0.3, -0.25) is 24.5 Å². The Morgan fingerprint density at radius 3 is 2.77 bits per heavy atom. The van der Waals surface area contributed by atoms with Crippen molar-refractivity contribution >= 4 is 62.4 Å². The number of nitrogens with zero attached hydrogens (tertiary/aromatic N) is 2. The number of rotatable bonds is 6. The maximum Gasteiger partial charge on any atom is 0.311 e. The Balaban J connectivity index is 1.56. The van der Waals surface area contributed by atoms with Crippen molar-refractivity contribution in [3.8, 4) is 0 Å². The van der Waals surface area contributed by atoms with E-state index in [9.17, 15) is 24.5 Å². The van der Waals surface area contributed by atoms with Crippen molar-refractivity contribution in [2.24, 2.45) is 5.92 Å². The van der Waals surface area contributed by atoms with Gasteiger partial charge in [0.2, 0.25) is 5.91 Å². The molecule has 0 radical (unpaired) electrons. The molecule has 1 aliphatic rings. The molecule has 0 unspecified atom stereocenters. The van der Waals surface area contributed by atoms with E-state index in [4.69, 9.17) is 16.3 Å². The second kappa shape index (κ2) is 9.23. The number of non-ortho nitro benzene ring substituents is 1. The normalized spacial score (nSPS) is 15.7. The zero-order chi connectivity index (χ0) is 21.8. The third kappa shape index (κ3) is 5.14. The van der Waals surface area contributed by atoms with Gasteiger partial charge in [-0.05, 0) is 24.3 Å². The second-order valence-electron chi connectivity index (χ2n) is 6.46. The largest absolute Gasteiger partial charge is 0.455 e. The van der Waals surface area contributed by atoms with E-state index >= 15 is 0 Å². The molecule has 0 aromatic heterocycles. The van der Waals surface area contributed by atoms with Gasteiger partial charge in [-0.25, -0.2) is 0 Å². The Hall–Kier alpha value is -2.98. The van der Waals surface area contributed by atoms with Crippen LogP contribution in [0.3, 0.4) is 0 Å². The van der Waals surface area contributed by atoms with Crippen LogP contribution in [-0.4, -0.2) is 35.9 Å². The highest BCUT2D eigenvalue weighted by Gasteiger charge is 2.36. The van der Waals surface area contributed by atoms with Crippen molar-refractivity contribution in [2.45, 2.75) is 6.42 Å². The van der Waals surface area contributed by atoms with Crippen LogP contribution in [0.2, 0.25) is 5.02 Å². The smallest absolute Gasteiger partial charge is 0.311 e. The standard InChI is InChI=1S/C19H15BrClN3O6/c20-12-4-5-16(15(21)7-12)22-17(25)10-30-19(27)11-6-18(26)23(9-11)13-2-1-3-14(8-13)24(28)29/h1-5,7-8,11H,6,9-10H2,(H,22,25)/t11-/m1/s1. The summed E-state index contributed by atoms with van der Waals surface area (Å²) in [6.07, 6.45) is -0.109. The van der Waals surface area contributed by atoms with Gasteiger partial charge in [0.15, 0.2) is 6.61 Å². The molecular formula is C19H15BrClN3O6. The number of anilines is 2. The van der Waals surface area contributed by atoms with Crippen molar-refractivity contribution in [2.75, 3.05) is 23.4 Å². The first-order valence-corrected chi connectivity index (χ1v) is 9.88. The van der Waals surface area contributed by atoms with Crippen molar-refractivity contribution < 1.29 is 24.0 Å². The molecule has 1 N–H and O–H groups in total. The number of amides is 2. The van der Waals surface area contributed by atoms with Crippen molar-refractivity contribution in [3.05, 3.63) is 62.1 Å². The molecule has 2 aromatic rings. The average Bonchev–Trinajstić information content (AvgIpc) is 3.10.